The standard InChI is InChI=1S/C24H28N2O3/c1-18-11-12-23(19(2)16-18)28-15-13-24(27)26(3)14-7-10-21-17-22(25-29-21)20-8-5-4-6-9-20/h4-6,8-9,11-12,16-17H,7,10,13-15H2,1-3H3. The summed E-state index contributed by atoms with van der Waals surface area (Å²) >= 11 is 0. The molecule has 0 radical (unpaired) electrons. The number of nitrogens with zero attached hydrogens (tertiary/aromatic N) is 2. The molecule has 5 nitrogen and oxygen atoms in total. The van der Waals surface area contributed by atoms with Gasteiger partial charge in [0.05, 0.1) is 13.0 Å². The molecule has 1 heterocycles. The Morgan fingerprint density at radius 2 is 1.90 bits per heavy atom. The van der Waals surface area contributed by atoms with Gasteiger partial charge in [0, 0.05) is 31.6 Å². The molecule has 0 saturated carbocycles. The van der Waals surface area contributed by atoms with Crippen molar-refractivity contribution in [2.75, 3.05) is 20.2 Å². The van der Waals surface area contributed by atoms with Crippen molar-refractivity contribution in [1.82, 2.24) is 10.1 Å². The van der Waals surface area contributed by atoms with Crippen molar-refractivity contribution in [3.8, 4) is 17.0 Å². The summed E-state index contributed by atoms with van der Waals surface area (Å²) in [7, 11) is 1.83. The molecule has 0 spiro atoms. The zero-order valence-corrected chi connectivity index (χ0v) is 17.4. The highest BCUT2D eigenvalue weighted by Crippen LogP contribution is 2.20. The molecule has 0 aliphatic carbocycles. The third kappa shape index (κ3) is 5.95. The average Bonchev–Trinajstić information content (AvgIpc) is 3.19. The Labute approximate surface area is 172 Å². The lowest BCUT2D eigenvalue weighted by molar-refractivity contribution is -0.130. The van der Waals surface area contributed by atoms with Gasteiger partial charge < -0.3 is 14.2 Å². The Bertz CT molecular complexity index is 934. The molecule has 5 heteroatoms. The maximum absolute atomic E-state index is 12.3. The highest BCUT2D eigenvalue weighted by atomic mass is 16.5. The first-order chi connectivity index (χ1) is 14.0. The molecule has 0 saturated heterocycles. The molecule has 0 N–H and O–H groups in total. The van der Waals surface area contributed by atoms with E-state index in [1.807, 2.05) is 62.5 Å². The van der Waals surface area contributed by atoms with Gasteiger partial charge in [-0.1, -0.05) is 53.2 Å². The van der Waals surface area contributed by atoms with Crippen LogP contribution in [0.4, 0.5) is 0 Å². The average molecular weight is 392 g/mol. The molecule has 3 rings (SSSR count). The normalized spacial score (nSPS) is 10.7. The summed E-state index contributed by atoms with van der Waals surface area (Å²) in [4.78, 5) is 14.1. The molecule has 0 atom stereocenters. The van der Waals surface area contributed by atoms with E-state index in [0.717, 1.165) is 41.2 Å². The molecule has 2 aromatic carbocycles. The van der Waals surface area contributed by atoms with Crippen molar-refractivity contribution in [2.45, 2.75) is 33.1 Å². The van der Waals surface area contributed by atoms with E-state index < -0.39 is 0 Å². The smallest absolute Gasteiger partial charge is 0.225 e. The molecular formula is C24H28N2O3. The van der Waals surface area contributed by atoms with Crippen LogP contribution in [0.5, 0.6) is 5.75 Å². The van der Waals surface area contributed by atoms with Crippen LogP contribution < -0.4 is 4.74 Å². The van der Waals surface area contributed by atoms with E-state index in [1.165, 1.54) is 5.56 Å². The first-order valence-electron chi connectivity index (χ1n) is 9.98. The van der Waals surface area contributed by atoms with Crippen LogP contribution in [0.15, 0.2) is 59.1 Å². The Hall–Kier alpha value is -3.08. The first-order valence-corrected chi connectivity index (χ1v) is 9.98. The number of aryl methyl sites for hydroxylation is 3. The molecule has 1 amide bonds. The van der Waals surface area contributed by atoms with Crippen molar-refractivity contribution >= 4 is 5.91 Å². The Morgan fingerprint density at radius 3 is 2.66 bits per heavy atom. The molecule has 152 valence electrons. The second-order valence-electron chi connectivity index (χ2n) is 7.33. The lowest BCUT2D eigenvalue weighted by atomic mass is 10.1. The molecule has 0 aliphatic heterocycles. The largest absolute Gasteiger partial charge is 0.493 e. The summed E-state index contributed by atoms with van der Waals surface area (Å²) in [6.07, 6.45) is 1.93. The maximum Gasteiger partial charge on any atom is 0.225 e. The fourth-order valence-corrected chi connectivity index (χ4v) is 3.19. The van der Waals surface area contributed by atoms with Gasteiger partial charge in [-0.25, -0.2) is 0 Å². The number of hydrogen-bond acceptors (Lipinski definition) is 4. The van der Waals surface area contributed by atoms with E-state index in [-0.39, 0.29) is 5.91 Å². The number of amides is 1. The highest BCUT2D eigenvalue weighted by molar-refractivity contribution is 5.76. The molecule has 0 bridgehead atoms. The van der Waals surface area contributed by atoms with E-state index in [4.69, 9.17) is 9.26 Å². The second-order valence-corrected chi connectivity index (χ2v) is 7.33. The van der Waals surface area contributed by atoms with Crippen LogP contribution in [0, 0.1) is 13.8 Å². The van der Waals surface area contributed by atoms with Crippen LogP contribution in [0.1, 0.15) is 29.7 Å². The molecular weight excluding hydrogens is 364 g/mol. The zero-order valence-electron chi connectivity index (χ0n) is 17.4. The van der Waals surface area contributed by atoms with Crippen LogP contribution in [-0.2, 0) is 11.2 Å². The van der Waals surface area contributed by atoms with Crippen LogP contribution >= 0.6 is 0 Å². The van der Waals surface area contributed by atoms with Crippen molar-refractivity contribution in [3.05, 3.63) is 71.5 Å². The van der Waals surface area contributed by atoms with Crippen LogP contribution in [0.25, 0.3) is 11.3 Å². The minimum absolute atomic E-state index is 0.0808. The van der Waals surface area contributed by atoms with E-state index in [9.17, 15) is 4.79 Å². The Kier molecular flexibility index (Phi) is 7.06. The molecule has 0 fully saturated rings. The highest BCUT2D eigenvalue weighted by Gasteiger charge is 2.11. The van der Waals surface area contributed by atoms with Gasteiger partial charge in [0.15, 0.2) is 0 Å². The lowest BCUT2D eigenvalue weighted by Crippen LogP contribution is -2.29. The quantitative estimate of drug-likeness (QED) is 0.524. The predicted octanol–water partition coefficient (Wildman–Crippen LogP) is 4.82. The summed E-state index contributed by atoms with van der Waals surface area (Å²) in [5.74, 6) is 1.76. The number of benzene rings is 2. The summed E-state index contributed by atoms with van der Waals surface area (Å²) < 4.78 is 11.2. The number of carbonyl (C=O) groups excluding carboxylic acids is 1. The summed E-state index contributed by atoms with van der Waals surface area (Å²) in [5, 5.41) is 4.13. The molecule has 0 unspecified atom stereocenters. The van der Waals surface area contributed by atoms with Crippen molar-refractivity contribution < 1.29 is 14.1 Å². The number of aromatic nitrogens is 1. The third-order valence-electron chi connectivity index (χ3n) is 4.87. The van der Waals surface area contributed by atoms with Gasteiger partial charge in [-0.2, -0.15) is 0 Å². The lowest BCUT2D eigenvalue weighted by Gasteiger charge is -2.17. The summed E-state index contributed by atoms with van der Waals surface area (Å²) in [6, 6.07) is 18.0. The Balaban J connectivity index is 1.38. The topological polar surface area (TPSA) is 55.6 Å². The SMILES string of the molecule is Cc1ccc(OCCC(=O)N(C)CCCc2cc(-c3ccccc3)no2)c(C)c1. The van der Waals surface area contributed by atoms with E-state index in [2.05, 4.69) is 18.1 Å². The van der Waals surface area contributed by atoms with Crippen molar-refractivity contribution in [3.63, 3.8) is 0 Å². The minimum Gasteiger partial charge on any atom is -0.493 e. The maximum atomic E-state index is 12.3. The fourth-order valence-electron chi connectivity index (χ4n) is 3.19. The zero-order chi connectivity index (χ0) is 20.6. The van der Waals surface area contributed by atoms with Gasteiger partial charge >= 0.3 is 0 Å². The van der Waals surface area contributed by atoms with Gasteiger partial charge in [-0.05, 0) is 31.9 Å². The predicted molar refractivity (Wildman–Crippen MR) is 114 cm³/mol. The molecule has 29 heavy (non-hydrogen) atoms. The van der Waals surface area contributed by atoms with Gasteiger partial charge in [-0.15, -0.1) is 0 Å². The Morgan fingerprint density at radius 1 is 1.10 bits per heavy atom. The van der Waals surface area contributed by atoms with Crippen LogP contribution in [0.2, 0.25) is 0 Å². The molecule has 1 aromatic heterocycles. The van der Waals surface area contributed by atoms with Crippen molar-refractivity contribution in [1.29, 1.82) is 0 Å². The number of rotatable bonds is 9. The molecule has 0 aliphatic rings. The van der Waals surface area contributed by atoms with Gasteiger partial charge in [0.2, 0.25) is 5.91 Å². The number of carbonyl (C=O) groups is 1. The van der Waals surface area contributed by atoms with Gasteiger partial charge in [-0.3, -0.25) is 4.79 Å². The second kappa shape index (κ2) is 9.92. The van der Waals surface area contributed by atoms with Crippen LogP contribution in [0.3, 0.4) is 0 Å². The molecule has 3 aromatic rings. The van der Waals surface area contributed by atoms with Crippen molar-refractivity contribution in [2.24, 2.45) is 0 Å². The van der Waals surface area contributed by atoms with E-state index in [1.54, 1.807) is 4.90 Å². The minimum atomic E-state index is 0.0808. The van der Waals surface area contributed by atoms with Gasteiger partial charge in [0.1, 0.15) is 17.2 Å². The van der Waals surface area contributed by atoms with E-state index >= 15 is 0 Å². The number of hydrogen-bond donors (Lipinski definition) is 0. The summed E-state index contributed by atoms with van der Waals surface area (Å²) in [6.45, 7) is 5.12. The summed E-state index contributed by atoms with van der Waals surface area (Å²) in [5.41, 5.74) is 4.17. The van der Waals surface area contributed by atoms with E-state index in [0.29, 0.717) is 19.6 Å². The first kappa shape index (κ1) is 20.6. The fraction of sp³-hybridized carbons (Fsp3) is 0.333. The van der Waals surface area contributed by atoms with Crippen LogP contribution in [-0.4, -0.2) is 36.2 Å². The monoisotopic (exact) mass is 392 g/mol. The number of ether oxygens (including phenoxy) is 1. The van der Waals surface area contributed by atoms with Gasteiger partial charge in [0.25, 0.3) is 0 Å². The third-order valence-corrected chi connectivity index (χ3v) is 4.87.